The van der Waals surface area contributed by atoms with Gasteiger partial charge < -0.3 is 5.11 Å². The van der Waals surface area contributed by atoms with E-state index < -0.39 is 9.84 Å². The Morgan fingerprint density at radius 2 is 2.24 bits per heavy atom. The van der Waals surface area contributed by atoms with Crippen LogP contribution in [0.4, 0.5) is 4.39 Å². The van der Waals surface area contributed by atoms with Gasteiger partial charge in [-0.25, -0.2) is 12.8 Å². The average Bonchev–Trinajstić information content (AvgIpc) is 2.79. The van der Waals surface area contributed by atoms with E-state index in [2.05, 4.69) is 11.8 Å². The lowest BCUT2D eigenvalue weighted by Crippen LogP contribution is -2.32. The molecule has 6 heteroatoms. The highest BCUT2D eigenvalue weighted by atomic mass is 32.2. The fourth-order valence-corrected chi connectivity index (χ4v) is 4.26. The fraction of sp³-hybridized carbons (Fsp3) is 0.467. The molecule has 0 aliphatic carbocycles. The van der Waals surface area contributed by atoms with Crippen LogP contribution in [-0.4, -0.2) is 49.6 Å². The molecule has 21 heavy (non-hydrogen) atoms. The second-order valence-corrected chi connectivity index (χ2v) is 7.46. The van der Waals surface area contributed by atoms with Crippen molar-refractivity contribution in [1.82, 2.24) is 4.90 Å². The van der Waals surface area contributed by atoms with Crippen LogP contribution in [0.5, 0.6) is 0 Å². The summed E-state index contributed by atoms with van der Waals surface area (Å²) in [4.78, 5) is 1.96. The molecule has 114 valence electrons. The van der Waals surface area contributed by atoms with Crippen molar-refractivity contribution >= 4 is 9.84 Å². The van der Waals surface area contributed by atoms with Crippen LogP contribution in [0.1, 0.15) is 17.5 Å². The zero-order valence-corrected chi connectivity index (χ0v) is 12.7. The van der Waals surface area contributed by atoms with Gasteiger partial charge in [-0.3, -0.25) is 4.90 Å². The van der Waals surface area contributed by atoms with E-state index in [1.54, 1.807) is 6.07 Å². The Labute approximate surface area is 124 Å². The topological polar surface area (TPSA) is 57.6 Å². The highest BCUT2D eigenvalue weighted by Gasteiger charge is 2.30. The van der Waals surface area contributed by atoms with Crippen molar-refractivity contribution in [3.63, 3.8) is 0 Å². The molecule has 1 N–H and O–H groups in total. The Balaban J connectivity index is 2.15. The molecular weight excluding hydrogens is 293 g/mol. The molecule has 1 aromatic rings. The summed E-state index contributed by atoms with van der Waals surface area (Å²) >= 11 is 0. The number of benzene rings is 1. The molecule has 0 saturated carbocycles. The molecular formula is C15H18FNO3S. The number of hydrogen-bond donors (Lipinski definition) is 1. The van der Waals surface area contributed by atoms with Crippen LogP contribution >= 0.6 is 0 Å². The number of nitrogens with zero attached hydrogens (tertiary/aromatic N) is 1. The minimum Gasteiger partial charge on any atom is -0.384 e. The summed E-state index contributed by atoms with van der Waals surface area (Å²) < 4.78 is 36.3. The summed E-state index contributed by atoms with van der Waals surface area (Å²) in [6.07, 6.45) is 0.623. The summed E-state index contributed by atoms with van der Waals surface area (Å²) in [5.74, 6) is 5.26. The van der Waals surface area contributed by atoms with Gasteiger partial charge in [-0.05, 0) is 31.2 Å². The second kappa shape index (κ2) is 6.56. The van der Waals surface area contributed by atoms with Crippen LogP contribution in [0, 0.1) is 17.7 Å². The van der Waals surface area contributed by atoms with E-state index in [0.717, 1.165) is 5.56 Å². The van der Waals surface area contributed by atoms with Crippen molar-refractivity contribution in [3.8, 4) is 11.8 Å². The maximum Gasteiger partial charge on any atom is 0.151 e. The van der Waals surface area contributed by atoms with E-state index in [1.807, 2.05) is 11.9 Å². The fourth-order valence-electron chi connectivity index (χ4n) is 2.46. The van der Waals surface area contributed by atoms with Crippen LogP contribution in [0.3, 0.4) is 0 Å². The molecule has 0 bridgehead atoms. The van der Waals surface area contributed by atoms with Crippen molar-refractivity contribution in [2.45, 2.75) is 19.0 Å². The molecule has 1 fully saturated rings. The molecule has 0 amide bonds. The van der Waals surface area contributed by atoms with Gasteiger partial charge in [0.1, 0.15) is 12.4 Å². The van der Waals surface area contributed by atoms with Gasteiger partial charge in [-0.2, -0.15) is 0 Å². The predicted molar refractivity (Wildman–Crippen MR) is 78.9 cm³/mol. The largest absolute Gasteiger partial charge is 0.384 e. The number of aliphatic hydroxyl groups excluding tert-OH is 1. The molecule has 1 aliphatic rings. The third kappa shape index (κ3) is 4.27. The van der Waals surface area contributed by atoms with E-state index in [4.69, 9.17) is 5.11 Å². The monoisotopic (exact) mass is 311 g/mol. The summed E-state index contributed by atoms with van der Waals surface area (Å²) in [6, 6.07) is 4.32. The number of aliphatic hydroxyl groups is 1. The standard InChI is InChI=1S/C15H18FNO3S/c1-17(15-6-8-21(19,20)11-15)10-13-4-5-14(16)9-12(13)3-2-7-18/h4-5,9,15,18H,6-8,10-11H2,1H3. The molecule has 1 aromatic carbocycles. The molecule has 0 radical (unpaired) electrons. The van der Waals surface area contributed by atoms with Gasteiger partial charge >= 0.3 is 0 Å². The zero-order valence-electron chi connectivity index (χ0n) is 11.8. The van der Waals surface area contributed by atoms with Gasteiger partial charge in [0.15, 0.2) is 9.84 Å². The number of sulfone groups is 1. The highest BCUT2D eigenvalue weighted by Crippen LogP contribution is 2.20. The molecule has 4 nitrogen and oxygen atoms in total. The first-order valence-corrected chi connectivity index (χ1v) is 8.52. The molecule has 1 aliphatic heterocycles. The summed E-state index contributed by atoms with van der Waals surface area (Å²) in [6.45, 7) is 0.211. The molecule has 1 saturated heterocycles. The quantitative estimate of drug-likeness (QED) is 0.839. The smallest absolute Gasteiger partial charge is 0.151 e. The number of rotatable bonds is 3. The second-order valence-electron chi connectivity index (χ2n) is 5.23. The third-order valence-corrected chi connectivity index (χ3v) is 5.38. The minimum absolute atomic E-state index is 0.0151. The van der Waals surface area contributed by atoms with E-state index in [-0.39, 0.29) is 30.0 Å². The molecule has 1 unspecified atom stereocenters. The molecule has 1 atom stereocenters. The van der Waals surface area contributed by atoms with Crippen LogP contribution in [0.15, 0.2) is 18.2 Å². The van der Waals surface area contributed by atoms with Crippen molar-refractivity contribution in [2.75, 3.05) is 25.2 Å². The Hall–Kier alpha value is -1.42. The molecule has 0 spiro atoms. The van der Waals surface area contributed by atoms with Gasteiger partial charge in [0.05, 0.1) is 11.5 Å². The van der Waals surface area contributed by atoms with Crippen molar-refractivity contribution in [3.05, 3.63) is 35.1 Å². The van der Waals surface area contributed by atoms with E-state index in [9.17, 15) is 12.8 Å². The SMILES string of the molecule is CN(Cc1ccc(F)cc1C#CCO)C1CCS(=O)(=O)C1. The van der Waals surface area contributed by atoms with Crippen molar-refractivity contribution < 1.29 is 17.9 Å². The van der Waals surface area contributed by atoms with E-state index in [0.29, 0.717) is 18.5 Å². The van der Waals surface area contributed by atoms with Crippen molar-refractivity contribution in [2.24, 2.45) is 0 Å². The number of halogens is 1. The van der Waals surface area contributed by atoms with Gasteiger partial charge in [0, 0.05) is 18.2 Å². The first-order chi connectivity index (χ1) is 9.91. The highest BCUT2D eigenvalue weighted by molar-refractivity contribution is 7.91. The van der Waals surface area contributed by atoms with Crippen molar-refractivity contribution in [1.29, 1.82) is 0 Å². The summed E-state index contributed by atoms with van der Waals surface area (Å²) in [7, 11) is -1.07. The maximum atomic E-state index is 13.3. The molecule has 2 rings (SSSR count). The third-order valence-electron chi connectivity index (χ3n) is 3.63. The van der Waals surface area contributed by atoms with Gasteiger partial charge in [0.25, 0.3) is 0 Å². The van der Waals surface area contributed by atoms with Gasteiger partial charge in [-0.15, -0.1) is 0 Å². The van der Waals surface area contributed by atoms with Gasteiger partial charge in [0.2, 0.25) is 0 Å². The average molecular weight is 311 g/mol. The first kappa shape index (κ1) is 16.0. The first-order valence-electron chi connectivity index (χ1n) is 6.70. The van der Waals surface area contributed by atoms with Crippen LogP contribution in [-0.2, 0) is 16.4 Å². The lowest BCUT2D eigenvalue weighted by Gasteiger charge is -2.23. The van der Waals surface area contributed by atoms with E-state index in [1.165, 1.54) is 12.1 Å². The van der Waals surface area contributed by atoms with Crippen LogP contribution in [0.2, 0.25) is 0 Å². The zero-order chi connectivity index (χ0) is 15.5. The number of hydrogen-bond acceptors (Lipinski definition) is 4. The Kier molecular flexibility index (Phi) is 4.99. The van der Waals surface area contributed by atoms with Crippen LogP contribution in [0.25, 0.3) is 0 Å². The normalized spacial score (nSPS) is 20.3. The Morgan fingerprint density at radius 3 is 2.86 bits per heavy atom. The lowest BCUT2D eigenvalue weighted by atomic mass is 10.1. The molecule has 1 heterocycles. The predicted octanol–water partition coefficient (Wildman–Crippen LogP) is 0.788. The van der Waals surface area contributed by atoms with E-state index >= 15 is 0 Å². The minimum atomic E-state index is -2.93. The van der Waals surface area contributed by atoms with Crippen LogP contribution < -0.4 is 0 Å². The maximum absolute atomic E-state index is 13.3. The summed E-state index contributed by atoms with van der Waals surface area (Å²) in [5.41, 5.74) is 1.35. The Bertz CT molecular complexity index is 676. The lowest BCUT2D eigenvalue weighted by molar-refractivity contribution is 0.253. The Morgan fingerprint density at radius 1 is 1.48 bits per heavy atom. The van der Waals surface area contributed by atoms with Gasteiger partial charge in [-0.1, -0.05) is 17.9 Å². The molecule has 0 aromatic heterocycles. The summed E-state index contributed by atoms with van der Waals surface area (Å²) in [5, 5.41) is 8.76.